The molecule has 92 valence electrons. The number of carbonyl (C=O) groups is 2. The third-order valence-electron chi connectivity index (χ3n) is 3.07. The number of piperazine rings is 1. The van der Waals surface area contributed by atoms with Gasteiger partial charge < -0.3 is 9.80 Å². The summed E-state index contributed by atoms with van der Waals surface area (Å²) in [5.41, 5.74) is 0. The highest BCUT2D eigenvalue weighted by atomic mass is 79.9. The molecule has 1 aliphatic heterocycles. The van der Waals surface area contributed by atoms with E-state index in [9.17, 15) is 9.59 Å². The van der Waals surface area contributed by atoms with E-state index in [0.29, 0.717) is 18.4 Å². The van der Waals surface area contributed by atoms with E-state index in [1.54, 1.807) is 11.9 Å². The van der Waals surface area contributed by atoms with Gasteiger partial charge in [0.05, 0.1) is 13.1 Å². The molecule has 1 unspecified atom stereocenters. The molecular formula is C11H19BrN2O2. The first-order valence-corrected chi connectivity index (χ1v) is 6.65. The quantitative estimate of drug-likeness (QED) is 0.724. The predicted octanol–water partition coefficient (Wildman–Crippen LogP) is 0.954. The van der Waals surface area contributed by atoms with E-state index in [2.05, 4.69) is 29.8 Å². The van der Waals surface area contributed by atoms with Crippen LogP contribution in [0.4, 0.5) is 0 Å². The largest absolute Gasteiger partial charge is 0.335 e. The Bertz CT molecular complexity index is 281. The molecule has 0 radical (unpaired) electrons. The summed E-state index contributed by atoms with van der Waals surface area (Å²) >= 11 is 3.46. The zero-order valence-corrected chi connectivity index (χ0v) is 11.7. The van der Waals surface area contributed by atoms with Gasteiger partial charge in [-0.3, -0.25) is 9.59 Å². The molecule has 1 saturated heterocycles. The maximum atomic E-state index is 11.7. The summed E-state index contributed by atoms with van der Waals surface area (Å²) in [7, 11) is 1.67. The predicted molar refractivity (Wildman–Crippen MR) is 66.3 cm³/mol. The summed E-state index contributed by atoms with van der Waals surface area (Å²) in [6.45, 7) is 5.38. The Balaban J connectivity index is 2.59. The van der Waals surface area contributed by atoms with Gasteiger partial charge in [0.2, 0.25) is 11.8 Å². The van der Waals surface area contributed by atoms with Gasteiger partial charge in [-0.05, 0) is 11.8 Å². The summed E-state index contributed by atoms with van der Waals surface area (Å²) in [6, 6.07) is 0. The van der Waals surface area contributed by atoms with Gasteiger partial charge in [-0.1, -0.05) is 29.8 Å². The number of likely N-dealkylation sites (N-methyl/N-ethyl adjacent to an activating group) is 1. The third-order valence-corrected chi connectivity index (χ3v) is 3.90. The first-order valence-electron chi connectivity index (χ1n) is 5.53. The molecule has 1 fully saturated rings. The van der Waals surface area contributed by atoms with Gasteiger partial charge in [0.1, 0.15) is 0 Å². The minimum atomic E-state index is 0.0247. The van der Waals surface area contributed by atoms with Crippen molar-refractivity contribution in [2.45, 2.75) is 13.8 Å². The third kappa shape index (κ3) is 3.20. The zero-order chi connectivity index (χ0) is 12.3. The highest BCUT2D eigenvalue weighted by molar-refractivity contribution is 9.09. The van der Waals surface area contributed by atoms with Crippen LogP contribution >= 0.6 is 15.9 Å². The van der Waals surface area contributed by atoms with Crippen LogP contribution in [0.25, 0.3) is 0 Å². The lowest BCUT2D eigenvalue weighted by Crippen LogP contribution is -2.53. The monoisotopic (exact) mass is 290 g/mol. The highest BCUT2D eigenvalue weighted by Gasteiger charge is 2.29. The molecule has 1 aliphatic rings. The number of rotatable bonds is 4. The average molecular weight is 291 g/mol. The van der Waals surface area contributed by atoms with E-state index in [1.165, 1.54) is 4.90 Å². The van der Waals surface area contributed by atoms with Crippen LogP contribution < -0.4 is 0 Å². The van der Waals surface area contributed by atoms with Crippen molar-refractivity contribution in [3.8, 4) is 0 Å². The van der Waals surface area contributed by atoms with Crippen LogP contribution in [0.5, 0.6) is 0 Å². The Morgan fingerprint density at radius 2 is 1.88 bits per heavy atom. The van der Waals surface area contributed by atoms with Crippen LogP contribution in [0.1, 0.15) is 13.8 Å². The topological polar surface area (TPSA) is 40.6 Å². The number of nitrogens with zero attached hydrogens (tertiary/aromatic N) is 2. The molecule has 0 N–H and O–H groups in total. The normalized spacial score (nSPS) is 19.6. The summed E-state index contributed by atoms with van der Waals surface area (Å²) in [5.74, 6) is 0.979. The van der Waals surface area contributed by atoms with Gasteiger partial charge >= 0.3 is 0 Å². The SMILES string of the molecule is CC(C)C(CBr)CN1CC(=O)N(C)CC1=O. The van der Waals surface area contributed by atoms with Crippen molar-refractivity contribution < 1.29 is 9.59 Å². The fourth-order valence-electron chi connectivity index (χ4n) is 1.65. The van der Waals surface area contributed by atoms with Crippen LogP contribution in [0.3, 0.4) is 0 Å². The van der Waals surface area contributed by atoms with Gasteiger partial charge in [-0.15, -0.1) is 0 Å². The second-order valence-corrected chi connectivity index (χ2v) is 5.33. The summed E-state index contributed by atoms with van der Waals surface area (Å²) < 4.78 is 0. The molecule has 0 bridgehead atoms. The second kappa shape index (κ2) is 5.66. The number of alkyl halides is 1. The molecule has 0 aromatic heterocycles. The summed E-state index contributed by atoms with van der Waals surface area (Å²) in [4.78, 5) is 26.4. The highest BCUT2D eigenvalue weighted by Crippen LogP contribution is 2.16. The molecule has 0 saturated carbocycles. The minimum absolute atomic E-state index is 0.0247. The summed E-state index contributed by atoms with van der Waals surface area (Å²) in [6.07, 6.45) is 0. The molecule has 1 rings (SSSR count). The van der Waals surface area contributed by atoms with E-state index in [4.69, 9.17) is 0 Å². The van der Waals surface area contributed by atoms with Crippen molar-refractivity contribution in [2.24, 2.45) is 11.8 Å². The standard InChI is InChI=1S/C11H19BrN2O2/c1-8(2)9(4-12)5-14-7-10(15)13(3)6-11(14)16/h8-9H,4-7H2,1-3H3. The number of hydrogen-bond donors (Lipinski definition) is 0. The molecule has 5 heteroatoms. The van der Waals surface area contributed by atoms with Crippen molar-refractivity contribution in [3.05, 3.63) is 0 Å². The maximum Gasteiger partial charge on any atom is 0.242 e. The van der Waals surface area contributed by atoms with E-state index < -0.39 is 0 Å². The number of carbonyl (C=O) groups excluding carboxylic acids is 2. The van der Waals surface area contributed by atoms with Crippen LogP contribution in [0.2, 0.25) is 0 Å². The molecular weight excluding hydrogens is 272 g/mol. The van der Waals surface area contributed by atoms with Crippen molar-refractivity contribution in [1.82, 2.24) is 9.80 Å². The lowest BCUT2D eigenvalue weighted by molar-refractivity contribution is -0.149. The lowest BCUT2D eigenvalue weighted by atomic mass is 9.97. The van der Waals surface area contributed by atoms with E-state index in [1.807, 2.05) is 0 Å². The number of halogens is 1. The van der Waals surface area contributed by atoms with Crippen molar-refractivity contribution in [2.75, 3.05) is 32.0 Å². The number of amides is 2. The first kappa shape index (κ1) is 13.5. The minimum Gasteiger partial charge on any atom is -0.335 e. The second-order valence-electron chi connectivity index (χ2n) is 4.68. The molecule has 16 heavy (non-hydrogen) atoms. The van der Waals surface area contributed by atoms with Gasteiger partial charge in [0, 0.05) is 18.9 Å². The lowest BCUT2D eigenvalue weighted by Gasteiger charge is -2.34. The Morgan fingerprint density at radius 1 is 1.25 bits per heavy atom. The fourth-order valence-corrected chi connectivity index (χ4v) is 2.60. The molecule has 0 spiro atoms. The van der Waals surface area contributed by atoms with E-state index >= 15 is 0 Å². The fraction of sp³-hybridized carbons (Fsp3) is 0.818. The van der Waals surface area contributed by atoms with Crippen LogP contribution in [0.15, 0.2) is 0 Å². The smallest absolute Gasteiger partial charge is 0.242 e. The Labute approximate surface area is 105 Å². The molecule has 0 aromatic rings. The number of hydrogen-bond acceptors (Lipinski definition) is 2. The van der Waals surface area contributed by atoms with Gasteiger partial charge in [-0.2, -0.15) is 0 Å². The van der Waals surface area contributed by atoms with Crippen molar-refractivity contribution in [1.29, 1.82) is 0 Å². The Hall–Kier alpha value is -0.580. The molecule has 2 amide bonds. The molecule has 1 heterocycles. The van der Waals surface area contributed by atoms with Crippen molar-refractivity contribution >= 4 is 27.7 Å². The van der Waals surface area contributed by atoms with Crippen LogP contribution in [-0.4, -0.2) is 53.6 Å². The maximum absolute atomic E-state index is 11.7. The van der Waals surface area contributed by atoms with Gasteiger partial charge in [-0.25, -0.2) is 0 Å². The zero-order valence-electron chi connectivity index (χ0n) is 10.1. The van der Waals surface area contributed by atoms with Crippen molar-refractivity contribution in [3.63, 3.8) is 0 Å². The Morgan fingerprint density at radius 3 is 2.38 bits per heavy atom. The average Bonchev–Trinajstić information content (AvgIpc) is 2.21. The van der Waals surface area contributed by atoms with Gasteiger partial charge in [0.15, 0.2) is 0 Å². The molecule has 0 aliphatic carbocycles. The molecule has 0 aromatic carbocycles. The first-order chi connectivity index (χ1) is 7.45. The molecule has 4 nitrogen and oxygen atoms in total. The van der Waals surface area contributed by atoms with Crippen LogP contribution in [0, 0.1) is 11.8 Å². The Kier molecular flexibility index (Phi) is 4.77. The van der Waals surface area contributed by atoms with E-state index in [-0.39, 0.29) is 24.9 Å². The van der Waals surface area contributed by atoms with Crippen LogP contribution in [-0.2, 0) is 9.59 Å². The van der Waals surface area contributed by atoms with E-state index in [0.717, 1.165) is 5.33 Å². The molecule has 1 atom stereocenters. The van der Waals surface area contributed by atoms with Gasteiger partial charge in [0.25, 0.3) is 0 Å². The summed E-state index contributed by atoms with van der Waals surface area (Å²) in [5, 5.41) is 0.860.